The number of carbonyl (C=O) groups excluding carboxylic acids is 2. The molecule has 0 saturated carbocycles. The summed E-state index contributed by atoms with van der Waals surface area (Å²) in [5.41, 5.74) is 2.81. The minimum Gasteiger partial charge on any atom is -0.337 e. The van der Waals surface area contributed by atoms with E-state index in [1.54, 1.807) is 37.3 Å². The number of nitrogens with one attached hydrogen (secondary N) is 1. The minimum absolute atomic E-state index is 0.00739. The Morgan fingerprint density at radius 1 is 1.12 bits per heavy atom. The Morgan fingerprint density at radius 2 is 1.88 bits per heavy atom. The van der Waals surface area contributed by atoms with Crippen LogP contribution in [-0.2, 0) is 0 Å². The smallest absolute Gasteiger partial charge is 0.278 e. The Morgan fingerprint density at radius 3 is 2.58 bits per heavy atom. The molecular formula is C22H22N6O4S. The molecule has 0 atom stereocenters. The number of aryl methyl sites for hydroxylation is 1. The fourth-order valence-corrected chi connectivity index (χ4v) is 4.49. The monoisotopic (exact) mass is 466 g/mol. The normalized spacial score (nSPS) is 13.6. The second-order valence-corrected chi connectivity index (χ2v) is 8.83. The minimum atomic E-state index is -0.495. The van der Waals surface area contributed by atoms with Crippen LogP contribution in [0.3, 0.4) is 0 Å². The van der Waals surface area contributed by atoms with Crippen LogP contribution < -0.4 is 5.32 Å². The zero-order chi connectivity index (χ0) is 23.5. The molecule has 1 aliphatic heterocycles. The molecule has 0 spiro atoms. The Bertz CT molecular complexity index is 1240. The van der Waals surface area contributed by atoms with Gasteiger partial charge >= 0.3 is 0 Å². The van der Waals surface area contributed by atoms with E-state index >= 15 is 0 Å². The lowest BCUT2D eigenvalue weighted by molar-refractivity contribution is -0.384. The highest BCUT2D eigenvalue weighted by atomic mass is 32.2. The third-order valence-corrected chi connectivity index (χ3v) is 6.36. The van der Waals surface area contributed by atoms with E-state index in [2.05, 4.69) is 15.6 Å². The molecule has 3 aromatic rings. The van der Waals surface area contributed by atoms with Crippen LogP contribution in [0.1, 0.15) is 32.1 Å². The Hall–Kier alpha value is -3.73. The Balaban J connectivity index is 1.51. The summed E-state index contributed by atoms with van der Waals surface area (Å²) >= 11 is 1.84. The summed E-state index contributed by atoms with van der Waals surface area (Å²) in [6.07, 6.45) is 0. The van der Waals surface area contributed by atoms with E-state index in [9.17, 15) is 19.7 Å². The molecule has 0 aliphatic carbocycles. The first-order chi connectivity index (χ1) is 15.8. The molecule has 10 nitrogen and oxygen atoms in total. The van der Waals surface area contributed by atoms with E-state index in [0.29, 0.717) is 22.6 Å². The van der Waals surface area contributed by atoms with Crippen LogP contribution in [0.15, 0.2) is 42.5 Å². The maximum absolute atomic E-state index is 12.9. The predicted molar refractivity (Wildman–Crippen MR) is 125 cm³/mol. The van der Waals surface area contributed by atoms with E-state index in [-0.39, 0.29) is 17.3 Å². The number of anilines is 1. The van der Waals surface area contributed by atoms with Gasteiger partial charge in [0.15, 0.2) is 5.69 Å². The number of thioether (sulfide) groups is 1. The van der Waals surface area contributed by atoms with Crippen molar-refractivity contribution < 1.29 is 14.5 Å². The van der Waals surface area contributed by atoms with E-state index in [0.717, 1.165) is 30.2 Å². The largest absolute Gasteiger partial charge is 0.337 e. The second-order valence-electron chi connectivity index (χ2n) is 7.60. The number of rotatable bonds is 5. The number of benzene rings is 2. The number of non-ortho nitro benzene ring substituents is 1. The van der Waals surface area contributed by atoms with Gasteiger partial charge in [0.25, 0.3) is 17.5 Å². The molecule has 11 heteroatoms. The number of hydrogen-bond donors (Lipinski definition) is 1. The Labute approximate surface area is 194 Å². The fourth-order valence-electron chi connectivity index (χ4n) is 3.59. The molecule has 1 N–H and O–H groups in total. The first-order valence-corrected chi connectivity index (χ1v) is 11.5. The molecule has 1 aliphatic rings. The lowest BCUT2D eigenvalue weighted by Gasteiger charge is -2.26. The highest BCUT2D eigenvalue weighted by molar-refractivity contribution is 7.99. The van der Waals surface area contributed by atoms with Crippen molar-refractivity contribution in [2.75, 3.05) is 29.9 Å². The molecule has 1 saturated heterocycles. The lowest BCUT2D eigenvalue weighted by Crippen LogP contribution is -2.37. The van der Waals surface area contributed by atoms with Crippen LogP contribution in [-0.4, -0.2) is 61.2 Å². The summed E-state index contributed by atoms with van der Waals surface area (Å²) in [5.74, 6) is 1.41. The number of aromatic nitrogens is 3. The average Bonchev–Trinajstić information content (AvgIpc) is 3.22. The number of nitro groups is 1. The van der Waals surface area contributed by atoms with Crippen molar-refractivity contribution in [2.45, 2.75) is 13.8 Å². The van der Waals surface area contributed by atoms with Gasteiger partial charge in [-0.1, -0.05) is 11.3 Å². The third-order valence-electron chi connectivity index (χ3n) is 5.41. The van der Waals surface area contributed by atoms with Gasteiger partial charge in [-0.3, -0.25) is 19.7 Å². The van der Waals surface area contributed by atoms with E-state index < -0.39 is 10.8 Å². The van der Waals surface area contributed by atoms with Gasteiger partial charge in [0.2, 0.25) is 0 Å². The van der Waals surface area contributed by atoms with Crippen molar-refractivity contribution in [1.29, 1.82) is 0 Å². The summed E-state index contributed by atoms with van der Waals surface area (Å²) < 4.78 is 1.38. The van der Waals surface area contributed by atoms with Gasteiger partial charge in [-0.15, -0.1) is 5.10 Å². The molecule has 0 bridgehead atoms. The van der Waals surface area contributed by atoms with Gasteiger partial charge in [0.05, 0.1) is 16.3 Å². The molecule has 2 amide bonds. The number of nitro benzene ring substituents is 1. The third kappa shape index (κ3) is 4.72. The van der Waals surface area contributed by atoms with Crippen LogP contribution in [0.25, 0.3) is 5.69 Å². The van der Waals surface area contributed by atoms with Gasteiger partial charge in [-0.25, -0.2) is 4.68 Å². The van der Waals surface area contributed by atoms with Crippen LogP contribution in [0.2, 0.25) is 0 Å². The Kier molecular flexibility index (Phi) is 6.40. The summed E-state index contributed by atoms with van der Waals surface area (Å²) in [6.45, 7) is 4.96. The molecule has 1 aromatic heterocycles. The summed E-state index contributed by atoms with van der Waals surface area (Å²) in [7, 11) is 0. The van der Waals surface area contributed by atoms with Crippen LogP contribution >= 0.6 is 11.8 Å². The molecule has 0 unspecified atom stereocenters. The van der Waals surface area contributed by atoms with E-state index in [4.69, 9.17) is 0 Å². The molecule has 33 heavy (non-hydrogen) atoms. The van der Waals surface area contributed by atoms with Gasteiger partial charge in [0, 0.05) is 48.0 Å². The first-order valence-electron chi connectivity index (χ1n) is 10.3. The number of amides is 2. The number of hydrogen-bond acceptors (Lipinski definition) is 7. The SMILES string of the molecule is Cc1cc(C(=O)N2CCSCC2)ccc1NC(=O)c1nnn(-c2cccc([N+](=O)[O-])c2)c1C. The lowest BCUT2D eigenvalue weighted by atomic mass is 10.1. The van der Waals surface area contributed by atoms with Crippen LogP contribution in [0.4, 0.5) is 11.4 Å². The molecular weight excluding hydrogens is 444 g/mol. The van der Waals surface area contributed by atoms with E-state index in [1.165, 1.54) is 16.8 Å². The fraction of sp³-hybridized carbons (Fsp3) is 0.273. The number of nitrogens with zero attached hydrogens (tertiary/aromatic N) is 5. The predicted octanol–water partition coefficient (Wildman–Crippen LogP) is 3.23. The summed E-state index contributed by atoms with van der Waals surface area (Å²) in [5, 5.41) is 21.8. The molecule has 1 fully saturated rings. The van der Waals surface area contributed by atoms with Crippen molar-refractivity contribution in [3.63, 3.8) is 0 Å². The molecule has 2 aromatic carbocycles. The van der Waals surface area contributed by atoms with Crippen molar-refractivity contribution in [3.8, 4) is 5.69 Å². The van der Waals surface area contributed by atoms with Crippen molar-refractivity contribution in [2.24, 2.45) is 0 Å². The van der Waals surface area contributed by atoms with Gasteiger partial charge in [0.1, 0.15) is 0 Å². The summed E-state index contributed by atoms with van der Waals surface area (Å²) in [6, 6.07) is 11.1. The average molecular weight is 467 g/mol. The zero-order valence-electron chi connectivity index (χ0n) is 18.1. The highest BCUT2D eigenvalue weighted by Gasteiger charge is 2.21. The maximum Gasteiger partial charge on any atom is 0.278 e. The van der Waals surface area contributed by atoms with E-state index in [1.807, 2.05) is 23.6 Å². The van der Waals surface area contributed by atoms with Crippen molar-refractivity contribution >= 4 is 35.0 Å². The zero-order valence-corrected chi connectivity index (χ0v) is 19.0. The maximum atomic E-state index is 12.9. The van der Waals surface area contributed by atoms with Crippen LogP contribution in [0, 0.1) is 24.0 Å². The molecule has 170 valence electrons. The van der Waals surface area contributed by atoms with Gasteiger partial charge in [-0.2, -0.15) is 11.8 Å². The molecule has 4 rings (SSSR count). The van der Waals surface area contributed by atoms with Crippen molar-refractivity contribution in [3.05, 3.63) is 75.1 Å². The highest BCUT2D eigenvalue weighted by Crippen LogP contribution is 2.22. The molecule has 0 radical (unpaired) electrons. The van der Waals surface area contributed by atoms with Crippen molar-refractivity contribution in [1.82, 2.24) is 19.9 Å². The topological polar surface area (TPSA) is 123 Å². The molecule has 2 heterocycles. The standard InChI is InChI=1S/C22H22N6O4S/c1-14-12-16(22(30)26-8-10-33-11-9-26)6-7-19(14)23-21(29)20-15(2)27(25-24-20)17-4-3-5-18(13-17)28(31)32/h3-7,12-13H,8-11H2,1-2H3,(H,23,29). The van der Waals surface area contributed by atoms with Gasteiger partial charge in [-0.05, 0) is 43.7 Å². The van der Waals surface area contributed by atoms with Crippen LogP contribution in [0.5, 0.6) is 0 Å². The van der Waals surface area contributed by atoms with Gasteiger partial charge < -0.3 is 10.2 Å². The quantitative estimate of drug-likeness (QED) is 0.452. The first kappa shape index (κ1) is 22.5. The number of carbonyl (C=O) groups is 2. The second kappa shape index (κ2) is 9.41. The summed E-state index contributed by atoms with van der Waals surface area (Å²) in [4.78, 5) is 38.0.